The first kappa shape index (κ1) is 11.7. The van der Waals surface area contributed by atoms with E-state index in [0.29, 0.717) is 12.4 Å². The van der Waals surface area contributed by atoms with E-state index in [4.69, 9.17) is 15.6 Å². The van der Waals surface area contributed by atoms with E-state index in [-0.39, 0.29) is 18.6 Å². The first-order valence-electron chi connectivity index (χ1n) is 4.63. The van der Waals surface area contributed by atoms with Crippen molar-refractivity contribution in [3.63, 3.8) is 0 Å². The molecule has 1 rings (SSSR count). The van der Waals surface area contributed by atoms with Gasteiger partial charge in [-0.3, -0.25) is 0 Å². The Morgan fingerprint density at radius 2 is 2.33 bits per heavy atom. The van der Waals surface area contributed by atoms with Crippen LogP contribution >= 0.6 is 0 Å². The molecule has 0 aliphatic rings. The SMILES string of the molecule is COCC(CO)Nc1cc(C)nc(N)n1. The topological polar surface area (TPSA) is 93.3 Å². The summed E-state index contributed by atoms with van der Waals surface area (Å²) in [4.78, 5) is 7.94. The van der Waals surface area contributed by atoms with Crippen LogP contribution < -0.4 is 11.1 Å². The van der Waals surface area contributed by atoms with Crippen LogP contribution in [0.4, 0.5) is 11.8 Å². The second kappa shape index (κ2) is 5.47. The third kappa shape index (κ3) is 3.69. The average molecular weight is 212 g/mol. The number of aryl methyl sites for hydroxylation is 1. The van der Waals surface area contributed by atoms with Gasteiger partial charge in [-0.25, -0.2) is 4.98 Å². The van der Waals surface area contributed by atoms with Crippen LogP contribution in [0, 0.1) is 6.92 Å². The van der Waals surface area contributed by atoms with Crippen molar-refractivity contribution in [3.8, 4) is 0 Å². The molecule has 1 unspecified atom stereocenters. The van der Waals surface area contributed by atoms with E-state index in [0.717, 1.165) is 5.69 Å². The van der Waals surface area contributed by atoms with Crippen LogP contribution in [-0.4, -0.2) is 41.4 Å². The zero-order valence-corrected chi connectivity index (χ0v) is 8.90. The van der Waals surface area contributed by atoms with Gasteiger partial charge in [-0.2, -0.15) is 4.98 Å². The van der Waals surface area contributed by atoms with Gasteiger partial charge in [0.15, 0.2) is 0 Å². The number of nitrogens with zero attached hydrogens (tertiary/aromatic N) is 2. The fraction of sp³-hybridized carbons (Fsp3) is 0.556. The third-order valence-corrected chi connectivity index (χ3v) is 1.81. The highest BCUT2D eigenvalue weighted by molar-refractivity contribution is 5.41. The molecule has 0 aromatic carbocycles. The Bertz CT molecular complexity index is 299. The number of nitrogens with two attached hydrogens (primary N) is 1. The molecule has 1 heterocycles. The summed E-state index contributed by atoms with van der Waals surface area (Å²) in [7, 11) is 1.57. The van der Waals surface area contributed by atoms with Crippen LogP contribution in [0.15, 0.2) is 6.07 Å². The van der Waals surface area contributed by atoms with Crippen molar-refractivity contribution < 1.29 is 9.84 Å². The average Bonchev–Trinajstić information content (AvgIpc) is 2.15. The Hall–Kier alpha value is -1.40. The van der Waals surface area contributed by atoms with E-state index in [2.05, 4.69) is 15.3 Å². The van der Waals surface area contributed by atoms with Gasteiger partial charge in [0.05, 0.1) is 19.3 Å². The number of aliphatic hydroxyl groups is 1. The number of ether oxygens (including phenoxy) is 1. The summed E-state index contributed by atoms with van der Waals surface area (Å²) in [6.45, 7) is 2.20. The number of hydrogen-bond acceptors (Lipinski definition) is 6. The van der Waals surface area contributed by atoms with Gasteiger partial charge in [0.1, 0.15) is 5.82 Å². The summed E-state index contributed by atoms with van der Waals surface area (Å²) in [5.41, 5.74) is 6.27. The summed E-state index contributed by atoms with van der Waals surface area (Å²) < 4.78 is 4.93. The van der Waals surface area contributed by atoms with E-state index >= 15 is 0 Å². The zero-order chi connectivity index (χ0) is 11.3. The van der Waals surface area contributed by atoms with Crippen molar-refractivity contribution >= 4 is 11.8 Å². The number of methoxy groups -OCH3 is 1. The minimum atomic E-state index is -0.191. The zero-order valence-electron chi connectivity index (χ0n) is 8.90. The number of nitrogen functional groups attached to an aromatic ring is 1. The maximum atomic E-state index is 9.04. The van der Waals surface area contributed by atoms with Gasteiger partial charge in [-0.15, -0.1) is 0 Å². The van der Waals surface area contributed by atoms with Gasteiger partial charge in [0.2, 0.25) is 5.95 Å². The minimum Gasteiger partial charge on any atom is -0.394 e. The molecule has 1 aromatic heterocycles. The molecular formula is C9H16N4O2. The lowest BCUT2D eigenvalue weighted by atomic mass is 10.3. The second-order valence-electron chi connectivity index (χ2n) is 3.23. The van der Waals surface area contributed by atoms with E-state index in [1.807, 2.05) is 6.92 Å². The highest BCUT2D eigenvalue weighted by Crippen LogP contribution is 2.08. The molecule has 0 amide bonds. The summed E-state index contributed by atoms with van der Waals surface area (Å²) in [6.07, 6.45) is 0. The standard InChI is InChI=1S/C9H16N4O2/c1-6-3-8(13-9(10)11-6)12-7(4-14)5-15-2/h3,7,14H,4-5H2,1-2H3,(H3,10,11,12,13). The number of hydrogen-bond donors (Lipinski definition) is 3. The van der Waals surface area contributed by atoms with Crippen LogP contribution in [0.3, 0.4) is 0 Å². The second-order valence-corrected chi connectivity index (χ2v) is 3.23. The summed E-state index contributed by atoms with van der Waals surface area (Å²) in [6, 6.07) is 1.57. The van der Waals surface area contributed by atoms with Gasteiger partial charge in [0, 0.05) is 18.9 Å². The number of rotatable bonds is 5. The van der Waals surface area contributed by atoms with E-state index in [1.165, 1.54) is 0 Å². The van der Waals surface area contributed by atoms with Crippen LogP contribution in [0.2, 0.25) is 0 Å². The van der Waals surface area contributed by atoms with Crippen LogP contribution in [0.1, 0.15) is 5.69 Å². The number of aliphatic hydroxyl groups excluding tert-OH is 1. The largest absolute Gasteiger partial charge is 0.394 e. The molecule has 6 nitrogen and oxygen atoms in total. The predicted octanol–water partition coefficient (Wildman–Crippen LogP) is -0.214. The van der Waals surface area contributed by atoms with Crippen LogP contribution in [0.5, 0.6) is 0 Å². The molecule has 0 radical (unpaired) electrons. The number of anilines is 2. The highest BCUT2D eigenvalue weighted by atomic mass is 16.5. The number of aromatic nitrogens is 2. The quantitative estimate of drug-likeness (QED) is 0.625. The molecule has 0 spiro atoms. The van der Waals surface area contributed by atoms with Crippen molar-refractivity contribution in [1.29, 1.82) is 0 Å². The first-order valence-corrected chi connectivity index (χ1v) is 4.63. The molecule has 15 heavy (non-hydrogen) atoms. The molecular weight excluding hydrogens is 196 g/mol. The molecule has 0 aliphatic carbocycles. The Morgan fingerprint density at radius 1 is 1.60 bits per heavy atom. The normalized spacial score (nSPS) is 12.5. The molecule has 4 N–H and O–H groups in total. The van der Waals surface area contributed by atoms with Gasteiger partial charge in [-0.1, -0.05) is 0 Å². The molecule has 0 fully saturated rings. The molecule has 1 aromatic rings. The van der Waals surface area contributed by atoms with E-state index < -0.39 is 0 Å². The van der Waals surface area contributed by atoms with Gasteiger partial charge >= 0.3 is 0 Å². The molecule has 0 saturated heterocycles. The van der Waals surface area contributed by atoms with Gasteiger partial charge < -0.3 is 20.9 Å². The summed E-state index contributed by atoms with van der Waals surface area (Å²) >= 11 is 0. The minimum absolute atomic E-state index is 0.0310. The molecule has 0 bridgehead atoms. The van der Waals surface area contributed by atoms with Gasteiger partial charge in [0.25, 0.3) is 0 Å². The Morgan fingerprint density at radius 3 is 2.87 bits per heavy atom. The Kier molecular flexibility index (Phi) is 4.26. The maximum absolute atomic E-state index is 9.04. The highest BCUT2D eigenvalue weighted by Gasteiger charge is 2.08. The van der Waals surface area contributed by atoms with Gasteiger partial charge in [-0.05, 0) is 6.92 Å². The van der Waals surface area contributed by atoms with Crippen molar-refractivity contribution in [2.24, 2.45) is 0 Å². The lowest BCUT2D eigenvalue weighted by Crippen LogP contribution is -2.29. The maximum Gasteiger partial charge on any atom is 0.222 e. The Labute approximate surface area is 88.5 Å². The van der Waals surface area contributed by atoms with Crippen LogP contribution in [0.25, 0.3) is 0 Å². The lowest BCUT2D eigenvalue weighted by molar-refractivity contribution is 0.153. The Balaban J connectivity index is 2.69. The first-order chi connectivity index (χ1) is 7.15. The van der Waals surface area contributed by atoms with Crippen molar-refractivity contribution in [2.75, 3.05) is 31.4 Å². The van der Waals surface area contributed by atoms with Crippen molar-refractivity contribution in [1.82, 2.24) is 9.97 Å². The molecule has 1 atom stereocenters. The molecule has 6 heteroatoms. The van der Waals surface area contributed by atoms with Crippen molar-refractivity contribution in [2.45, 2.75) is 13.0 Å². The predicted molar refractivity (Wildman–Crippen MR) is 57.6 cm³/mol. The molecule has 84 valence electrons. The molecule has 0 aliphatic heterocycles. The summed E-state index contributed by atoms with van der Waals surface area (Å²) in [5.74, 6) is 0.808. The monoisotopic (exact) mass is 212 g/mol. The van der Waals surface area contributed by atoms with Crippen molar-refractivity contribution in [3.05, 3.63) is 11.8 Å². The van der Waals surface area contributed by atoms with Crippen LogP contribution in [-0.2, 0) is 4.74 Å². The fourth-order valence-electron chi connectivity index (χ4n) is 1.22. The van der Waals surface area contributed by atoms with E-state index in [1.54, 1.807) is 13.2 Å². The smallest absolute Gasteiger partial charge is 0.222 e. The fourth-order valence-corrected chi connectivity index (χ4v) is 1.22. The van der Waals surface area contributed by atoms with E-state index in [9.17, 15) is 0 Å². The third-order valence-electron chi connectivity index (χ3n) is 1.81. The number of nitrogens with one attached hydrogen (secondary N) is 1. The molecule has 0 saturated carbocycles. The summed E-state index contributed by atoms with van der Waals surface area (Å²) in [5, 5.41) is 12.0. The lowest BCUT2D eigenvalue weighted by Gasteiger charge is -2.15.